The van der Waals surface area contributed by atoms with E-state index in [1.807, 2.05) is 76.2 Å². The van der Waals surface area contributed by atoms with Crippen LogP contribution in [0.4, 0.5) is 21.0 Å². The van der Waals surface area contributed by atoms with Crippen LogP contribution in [-0.2, 0) is 22.6 Å². The van der Waals surface area contributed by atoms with Gasteiger partial charge in [-0.05, 0) is 69.2 Å². The van der Waals surface area contributed by atoms with Gasteiger partial charge in [0, 0.05) is 31.7 Å². The molecule has 3 N–H and O–H groups in total. The molecule has 1 aliphatic heterocycles. The second-order valence-corrected chi connectivity index (χ2v) is 12.5. The predicted molar refractivity (Wildman–Crippen MR) is 156 cm³/mol. The standard InChI is InChI=1S/C31H46N4O4/c1-22(30(2,3)4)35(29(37)38-21-23-12-9-8-10-13-23)19-24-15-16-27(26(32)18-24)33-25-14-11-17-34(20-25)28(36)39-31(5,6)7/h8-10,12-13,15-16,18,22,25,33H,11,14,17,19-21,32H2,1-7H3/t22-,25?/m0/s1. The van der Waals surface area contributed by atoms with Crippen molar-refractivity contribution in [1.29, 1.82) is 0 Å². The Kier molecular flexibility index (Phi) is 9.75. The van der Waals surface area contributed by atoms with Crippen LogP contribution in [0.5, 0.6) is 0 Å². The average Bonchev–Trinajstić information content (AvgIpc) is 2.86. The number of carbonyl (C=O) groups excluding carboxylic acids is 2. The van der Waals surface area contributed by atoms with E-state index < -0.39 is 5.60 Å². The van der Waals surface area contributed by atoms with E-state index in [4.69, 9.17) is 15.2 Å². The molecule has 2 aromatic carbocycles. The highest BCUT2D eigenvalue weighted by Gasteiger charge is 2.31. The van der Waals surface area contributed by atoms with Crippen LogP contribution in [0, 0.1) is 5.41 Å². The number of nitrogens with zero attached hydrogens (tertiary/aromatic N) is 2. The molecule has 0 aromatic heterocycles. The lowest BCUT2D eigenvalue weighted by Gasteiger charge is -2.37. The topological polar surface area (TPSA) is 97.1 Å². The second-order valence-electron chi connectivity index (χ2n) is 12.5. The van der Waals surface area contributed by atoms with E-state index in [0.717, 1.165) is 29.7 Å². The Hall–Kier alpha value is -3.42. The van der Waals surface area contributed by atoms with Crippen LogP contribution in [0.1, 0.15) is 72.4 Å². The number of likely N-dealkylation sites (tertiary alicyclic amines) is 1. The highest BCUT2D eigenvalue weighted by molar-refractivity contribution is 5.71. The van der Waals surface area contributed by atoms with Gasteiger partial charge in [0.2, 0.25) is 0 Å². The van der Waals surface area contributed by atoms with Crippen LogP contribution in [-0.4, -0.2) is 52.8 Å². The van der Waals surface area contributed by atoms with Gasteiger partial charge in [-0.25, -0.2) is 9.59 Å². The maximum Gasteiger partial charge on any atom is 0.410 e. The molecule has 0 spiro atoms. The highest BCUT2D eigenvalue weighted by Crippen LogP contribution is 2.29. The molecule has 2 amide bonds. The molecular formula is C31H46N4O4. The van der Waals surface area contributed by atoms with Crippen molar-refractivity contribution in [1.82, 2.24) is 9.80 Å². The first-order valence-electron chi connectivity index (χ1n) is 13.8. The highest BCUT2D eigenvalue weighted by atomic mass is 16.6. The van der Waals surface area contributed by atoms with Crippen LogP contribution in [0.3, 0.4) is 0 Å². The minimum atomic E-state index is -0.524. The monoisotopic (exact) mass is 538 g/mol. The molecule has 0 aliphatic carbocycles. The molecule has 0 radical (unpaired) electrons. The second kappa shape index (κ2) is 12.6. The van der Waals surface area contributed by atoms with Crippen molar-refractivity contribution in [3.05, 3.63) is 59.7 Å². The van der Waals surface area contributed by atoms with Crippen molar-refractivity contribution in [2.45, 2.75) is 92.1 Å². The van der Waals surface area contributed by atoms with Crippen molar-refractivity contribution in [3.63, 3.8) is 0 Å². The van der Waals surface area contributed by atoms with E-state index in [9.17, 15) is 9.59 Å². The van der Waals surface area contributed by atoms with Crippen molar-refractivity contribution in [3.8, 4) is 0 Å². The minimum Gasteiger partial charge on any atom is -0.445 e. The van der Waals surface area contributed by atoms with Gasteiger partial charge in [-0.1, -0.05) is 57.2 Å². The Morgan fingerprint density at radius 2 is 1.77 bits per heavy atom. The first kappa shape index (κ1) is 30.1. The fraction of sp³-hybridized carbons (Fsp3) is 0.548. The number of benzene rings is 2. The molecule has 1 saturated heterocycles. The van der Waals surface area contributed by atoms with Crippen LogP contribution in [0.2, 0.25) is 0 Å². The van der Waals surface area contributed by atoms with Gasteiger partial charge in [-0.15, -0.1) is 0 Å². The Morgan fingerprint density at radius 3 is 2.38 bits per heavy atom. The third-order valence-corrected chi connectivity index (χ3v) is 7.06. The lowest BCUT2D eigenvalue weighted by Crippen LogP contribution is -2.47. The van der Waals surface area contributed by atoms with Crippen molar-refractivity contribution in [2.75, 3.05) is 24.1 Å². The van der Waals surface area contributed by atoms with Crippen LogP contribution in [0.15, 0.2) is 48.5 Å². The van der Waals surface area contributed by atoms with E-state index in [-0.39, 0.29) is 36.3 Å². The third-order valence-electron chi connectivity index (χ3n) is 7.06. The molecule has 0 bridgehead atoms. The molecule has 2 aromatic rings. The van der Waals surface area contributed by atoms with Crippen LogP contribution >= 0.6 is 0 Å². The van der Waals surface area contributed by atoms with E-state index in [2.05, 4.69) is 26.1 Å². The van der Waals surface area contributed by atoms with Gasteiger partial charge in [0.1, 0.15) is 12.2 Å². The van der Waals surface area contributed by atoms with Crippen LogP contribution in [0.25, 0.3) is 0 Å². The fourth-order valence-electron chi connectivity index (χ4n) is 4.48. The first-order valence-corrected chi connectivity index (χ1v) is 13.8. The molecule has 8 heteroatoms. The van der Waals surface area contributed by atoms with Crippen molar-refractivity contribution >= 4 is 23.6 Å². The summed E-state index contributed by atoms with van der Waals surface area (Å²) in [4.78, 5) is 29.3. The summed E-state index contributed by atoms with van der Waals surface area (Å²) in [5.41, 5.74) is 9.08. The van der Waals surface area contributed by atoms with E-state index in [1.165, 1.54) is 0 Å². The van der Waals surface area contributed by atoms with Gasteiger partial charge >= 0.3 is 12.2 Å². The minimum absolute atomic E-state index is 0.0686. The fourth-order valence-corrected chi connectivity index (χ4v) is 4.48. The average molecular weight is 539 g/mol. The molecule has 1 aliphatic rings. The number of nitrogen functional groups attached to an aromatic ring is 1. The first-order chi connectivity index (χ1) is 18.2. The molecule has 39 heavy (non-hydrogen) atoms. The molecule has 8 nitrogen and oxygen atoms in total. The number of ether oxygens (including phenoxy) is 2. The number of rotatable bonds is 7. The lowest BCUT2D eigenvalue weighted by molar-refractivity contribution is 0.0206. The molecule has 1 fully saturated rings. The number of hydrogen-bond acceptors (Lipinski definition) is 6. The van der Waals surface area contributed by atoms with Crippen molar-refractivity contribution < 1.29 is 19.1 Å². The Labute approximate surface area is 233 Å². The summed E-state index contributed by atoms with van der Waals surface area (Å²) < 4.78 is 11.2. The number of amides is 2. The largest absolute Gasteiger partial charge is 0.445 e. The molecule has 0 saturated carbocycles. The zero-order valence-corrected chi connectivity index (χ0v) is 24.6. The summed E-state index contributed by atoms with van der Waals surface area (Å²) in [5.74, 6) is 0. The SMILES string of the molecule is C[C@H](N(Cc1ccc(NC2CCCN(C(=O)OC(C)(C)C)C2)c(N)c1)C(=O)OCc1ccccc1)C(C)(C)C. The Balaban J connectivity index is 1.67. The van der Waals surface area contributed by atoms with E-state index in [1.54, 1.807) is 9.80 Å². The van der Waals surface area contributed by atoms with Gasteiger partial charge in [-0.2, -0.15) is 0 Å². The third kappa shape index (κ3) is 9.08. The zero-order chi connectivity index (χ0) is 28.8. The predicted octanol–water partition coefficient (Wildman–Crippen LogP) is 6.65. The molecule has 2 atom stereocenters. The molecular weight excluding hydrogens is 492 g/mol. The maximum absolute atomic E-state index is 13.2. The Bertz CT molecular complexity index is 1110. The van der Waals surface area contributed by atoms with E-state index in [0.29, 0.717) is 25.3 Å². The summed E-state index contributed by atoms with van der Waals surface area (Å²) in [7, 11) is 0. The van der Waals surface area contributed by atoms with Gasteiger partial charge in [0.25, 0.3) is 0 Å². The normalized spacial score (nSPS) is 16.8. The molecule has 3 rings (SSSR count). The number of nitrogens with two attached hydrogens (primary N) is 1. The van der Waals surface area contributed by atoms with Crippen molar-refractivity contribution in [2.24, 2.45) is 5.41 Å². The number of nitrogens with one attached hydrogen (secondary N) is 1. The van der Waals surface area contributed by atoms with Gasteiger partial charge < -0.3 is 30.3 Å². The summed E-state index contributed by atoms with van der Waals surface area (Å²) in [6.07, 6.45) is 1.18. The summed E-state index contributed by atoms with van der Waals surface area (Å²) in [6.45, 7) is 15.8. The molecule has 1 unspecified atom stereocenters. The zero-order valence-electron chi connectivity index (χ0n) is 24.6. The molecule has 214 valence electrons. The number of carbonyl (C=O) groups is 2. The molecule has 1 heterocycles. The van der Waals surface area contributed by atoms with Gasteiger partial charge in [-0.3, -0.25) is 0 Å². The summed E-state index contributed by atoms with van der Waals surface area (Å²) in [6, 6.07) is 15.5. The van der Waals surface area contributed by atoms with E-state index >= 15 is 0 Å². The number of piperidine rings is 1. The Morgan fingerprint density at radius 1 is 1.08 bits per heavy atom. The van der Waals surface area contributed by atoms with Crippen LogP contribution < -0.4 is 11.1 Å². The quantitative estimate of drug-likeness (QED) is 0.383. The summed E-state index contributed by atoms with van der Waals surface area (Å²) in [5, 5.41) is 3.51. The van der Waals surface area contributed by atoms with Gasteiger partial charge in [0.15, 0.2) is 0 Å². The van der Waals surface area contributed by atoms with Gasteiger partial charge in [0.05, 0.1) is 11.4 Å². The number of hydrogen-bond donors (Lipinski definition) is 2. The maximum atomic E-state index is 13.2. The number of anilines is 2. The smallest absolute Gasteiger partial charge is 0.410 e. The lowest BCUT2D eigenvalue weighted by atomic mass is 9.87. The summed E-state index contributed by atoms with van der Waals surface area (Å²) >= 11 is 0.